The Labute approximate surface area is 161 Å². The first-order valence-electron chi connectivity index (χ1n) is 8.95. The van der Waals surface area contributed by atoms with Crippen LogP contribution in [0, 0.1) is 0 Å². The van der Waals surface area contributed by atoms with Crippen molar-refractivity contribution in [3.8, 4) is 22.1 Å². The number of benzene rings is 2. The molecule has 0 bridgehead atoms. The zero-order chi connectivity index (χ0) is 18.2. The Morgan fingerprint density at radius 2 is 1.89 bits per heavy atom. The van der Waals surface area contributed by atoms with Crippen molar-refractivity contribution in [2.24, 2.45) is 0 Å². The van der Waals surface area contributed by atoms with Crippen molar-refractivity contribution in [3.05, 3.63) is 64.7 Å². The molecule has 0 unspecified atom stereocenters. The lowest BCUT2D eigenvalue weighted by molar-refractivity contribution is -0.131. The molecule has 1 amide bonds. The lowest BCUT2D eigenvalue weighted by Crippen LogP contribution is -2.36. The van der Waals surface area contributed by atoms with Gasteiger partial charge in [0.25, 0.3) is 0 Å². The molecule has 6 heteroatoms. The van der Waals surface area contributed by atoms with Crippen LogP contribution in [0.3, 0.4) is 0 Å². The molecular weight excluding hydrogens is 360 g/mol. The van der Waals surface area contributed by atoms with Gasteiger partial charge in [-0.2, -0.15) is 0 Å². The number of nitrogens with zero attached hydrogens (tertiary/aromatic N) is 2. The molecule has 2 aliphatic heterocycles. The first kappa shape index (κ1) is 16.3. The van der Waals surface area contributed by atoms with E-state index in [2.05, 4.69) is 4.98 Å². The first-order chi connectivity index (χ1) is 13.3. The molecule has 3 heterocycles. The summed E-state index contributed by atoms with van der Waals surface area (Å²) in [7, 11) is 0. The Bertz CT molecular complexity index is 1000. The van der Waals surface area contributed by atoms with E-state index in [1.54, 1.807) is 11.3 Å². The third kappa shape index (κ3) is 3.17. The molecular formula is C21H18N2O3S. The lowest BCUT2D eigenvalue weighted by atomic mass is 9.98. The number of thiazole rings is 1. The van der Waals surface area contributed by atoms with Crippen LogP contribution in [0.25, 0.3) is 10.6 Å². The Morgan fingerprint density at radius 1 is 1.11 bits per heavy atom. The van der Waals surface area contributed by atoms with Crippen LogP contribution in [0.15, 0.2) is 47.8 Å². The number of aromatic nitrogens is 1. The molecule has 2 aromatic carbocycles. The second-order valence-corrected chi connectivity index (χ2v) is 7.58. The van der Waals surface area contributed by atoms with Crippen LogP contribution >= 0.6 is 11.3 Å². The van der Waals surface area contributed by atoms with E-state index in [1.165, 1.54) is 5.56 Å². The number of fused-ring (bicyclic) bond motifs is 2. The molecule has 0 radical (unpaired) electrons. The van der Waals surface area contributed by atoms with Gasteiger partial charge in [0.1, 0.15) is 5.01 Å². The monoisotopic (exact) mass is 378 g/mol. The molecule has 27 heavy (non-hydrogen) atoms. The average Bonchev–Trinajstić information content (AvgIpc) is 3.35. The van der Waals surface area contributed by atoms with Gasteiger partial charge in [-0.05, 0) is 29.7 Å². The molecule has 2 aliphatic rings. The second kappa shape index (κ2) is 6.70. The summed E-state index contributed by atoms with van der Waals surface area (Å²) in [6.07, 6.45) is 1.17. The van der Waals surface area contributed by atoms with Gasteiger partial charge < -0.3 is 14.4 Å². The topological polar surface area (TPSA) is 51.7 Å². The van der Waals surface area contributed by atoms with Gasteiger partial charge in [-0.15, -0.1) is 11.3 Å². The number of carbonyl (C=O) groups excluding carboxylic acids is 1. The van der Waals surface area contributed by atoms with Gasteiger partial charge >= 0.3 is 0 Å². The first-order valence-corrected chi connectivity index (χ1v) is 9.83. The van der Waals surface area contributed by atoms with Crippen molar-refractivity contribution in [1.29, 1.82) is 0 Å². The maximum absolute atomic E-state index is 12.8. The van der Waals surface area contributed by atoms with Gasteiger partial charge in [-0.25, -0.2) is 4.98 Å². The van der Waals surface area contributed by atoms with Crippen LogP contribution in [0.2, 0.25) is 0 Å². The summed E-state index contributed by atoms with van der Waals surface area (Å²) in [6, 6.07) is 14.1. The molecule has 0 saturated carbocycles. The van der Waals surface area contributed by atoms with Crippen LogP contribution < -0.4 is 9.47 Å². The summed E-state index contributed by atoms with van der Waals surface area (Å²) in [6.45, 7) is 1.61. The minimum Gasteiger partial charge on any atom is -0.454 e. The number of ether oxygens (including phenoxy) is 2. The molecule has 0 N–H and O–H groups in total. The number of amides is 1. The van der Waals surface area contributed by atoms with Crippen molar-refractivity contribution < 1.29 is 14.3 Å². The molecule has 0 aliphatic carbocycles. The highest BCUT2D eigenvalue weighted by molar-refractivity contribution is 7.13. The van der Waals surface area contributed by atoms with Gasteiger partial charge in [0.15, 0.2) is 11.5 Å². The second-order valence-electron chi connectivity index (χ2n) is 6.73. The Balaban J connectivity index is 1.29. The minimum atomic E-state index is 0.114. The van der Waals surface area contributed by atoms with Crippen LogP contribution in [0.1, 0.15) is 16.8 Å². The van der Waals surface area contributed by atoms with E-state index in [-0.39, 0.29) is 12.7 Å². The maximum Gasteiger partial charge on any atom is 0.231 e. The Kier molecular flexibility index (Phi) is 4.05. The molecule has 0 spiro atoms. The van der Waals surface area contributed by atoms with Crippen molar-refractivity contribution in [2.75, 3.05) is 13.3 Å². The Morgan fingerprint density at radius 3 is 2.70 bits per heavy atom. The fourth-order valence-corrected chi connectivity index (χ4v) is 4.35. The Hall–Kier alpha value is -2.86. The fourth-order valence-electron chi connectivity index (χ4n) is 3.53. The van der Waals surface area contributed by atoms with Crippen molar-refractivity contribution in [2.45, 2.75) is 19.4 Å². The van der Waals surface area contributed by atoms with Gasteiger partial charge in [0, 0.05) is 24.0 Å². The van der Waals surface area contributed by atoms with E-state index < -0.39 is 0 Å². The number of hydrogen-bond acceptors (Lipinski definition) is 5. The predicted octanol–water partition coefficient (Wildman–Crippen LogP) is 3.67. The highest BCUT2D eigenvalue weighted by Gasteiger charge is 2.25. The summed E-state index contributed by atoms with van der Waals surface area (Å²) in [5, 5.41) is 2.94. The van der Waals surface area contributed by atoms with E-state index in [0.717, 1.165) is 46.3 Å². The highest BCUT2D eigenvalue weighted by Crippen LogP contribution is 2.36. The molecule has 5 rings (SSSR count). The highest BCUT2D eigenvalue weighted by atomic mass is 32.1. The third-order valence-corrected chi connectivity index (χ3v) is 5.90. The van der Waals surface area contributed by atoms with E-state index in [4.69, 9.17) is 9.47 Å². The normalized spacial score (nSPS) is 14.9. The molecule has 0 fully saturated rings. The summed E-state index contributed by atoms with van der Waals surface area (Å²) in [4.78, 5) is 19.3. The fraction of sp³-hybridized carbons (Fsp3) is 0.238. The van der Waals surface area contributed by atoms with E-state index >= 15 is 0 Å². The largest absolute Gasteiger partial charge is 0.454 e. The van der Waals surface area contributed by atoms with Crippen molar-refractivity contribution >= 4 is 17.2 Å². The number of hydrogen-bond donors (Lipinski definition) is 0. The smallest absolute Gasteiger partial charge is 0.231 e. The van der Waals surface area contributed by atoms with Crippen LogP contribution in [-0.4, -0.2) is 29.1 Å². The van der Waals surface area contributed by atoms with E-state index in [0.29, 0.717) is 13.0 Å². The SMILES string of the molecule is O=C(Cc1csc(-c2ccccc2)n1)N1CCc2cc3c(cc2C1)OCO3. The van der Waals surface area contributed by atoms with Crippen LogP contribution in [-0.2, 0) is 24.2 Å². The van der Waals surface area contributed by atoms with E-state index in [1.807, 2.05) is 52.7 Å². The van der Waals surface area contributed by atoms with E-state index in [9.17, 15) is 4.79 Å². The summed E-state index contributed by atoms with van der Waals surface area (Å²) in [5.74, 6) is 1.70. The lowest BCUT2D eigenvalue weighted by Gasteiger charge is -2.29. The molecule has 5 nitrogen and oxygen atoms in total. The molecule has 3 aromatic rings. The number of carbonyl (C=O) groups is 1. The van der Waals surface area contributed by atoms with Gasteiger partial charge in [0.2, 0.25) is 12.7 Å². The summed E-state index contributed by atoms with van der Waals surface area (Å²) in [5.41, 5.74) is 4.30. The quantitative estimate of drug-likeness (QED) is 0.698. The van der Waals surface area contributed by atoms with Gasteiger partial charge in [0.05, 0.1) is 12.1 Å². The predicted molar refractivity (Wildman–Crippen MR) is 103 cm³/mol. The molecule has 1 aromatic heterocycles. The zero-order valence-corrected chi connectivity index (χ0v) is 15.5. The van der Waals surface area contributed by atoms with Crippen molar-refractivity contribution in [1.82, 2.24) is 9.88 Å². The maximum atomic E-state index is 12.8. The van der Waals surface area contributed by atoms with Gasteiger partial charge in [-0.1, -0.05) is 30.3 Å². The standard InChI is InChI=1S/C21H18N2O3S/c24-20(10-17-12-27-21(22-17)14-4-2-1-3-5-14)23-7-6-15-8-18-19(26-13-25-18)9-16(15)11-23/h1-5,8-9,12H,6-7,10-11,13H2. The average molecular weight is 378 g/mol. The zero-order valence-electron chi connectivity index (χ0n) is 14.7. The molecule has 0 saturated heterocycles. The summed E-state index contributed by atoms with van der Waals surface area (Å²) < 4.78 is 10.9. The van der Waals surface area contributed by atoms with Crippen LogP contribution in [0.5, 0.6) is 11.5 Å². The van der Waals surface area contributed by atoms with Gasteiger partial charge in [-0.3, -0.25) is 4.79 Å². The molecule has 0 atom stereocenters. The molecule has 136 valence electrons. The van der Waals surface area contributed by atoms with Crippen molar-refractivity contribution in [3.63, 3.8) is 0 Å². The summed E-state index contributed by atoms with van der Waals surface area (Å²) >= 11 is 1.58. The minimum absolute atomic E-state index is 0.114. The van der Waals surface area contributed by atoms with Crippen LogP contribution in [0.4, 0.5) is 0 Å². The number of rotatable bonds is 3. The third-order valence-electron chi connectivity index (χ3n) is 4.96.